The average Bonchev–Trinajstić information content (AvgIpc) is 2.48. The predicted molar refractivity (Wildman–Crippen MR) is 68.5 cm³/mol. The molecule has 0 saturated carbocycles. The van der Waals surface area contributed by atoms with Crippen molar-refractivity contribution in [2.24, 2.45) is 5.92 Å². The molecule has 3 nitrogen and oxygen atoms in total. The maximum atomic E-state index is 11.8. The Bertz CT molecular complexity index is 248. The minimum atomic E-state index is -0.389. The van der Waals surface area contributed by atoms with Gasteiger partial charge < -0.3 is 4.74 Å². The van der Waals surface area contributed by atoms with Gasteiger partial charge in [0.1, 0.15) is 11.6 Å². The summed E-state index contributed by atoms with van der Waals surface area (Å²) in [6.45, 7) is 10.1. The molecule has 0 aromatic carbocycles. The van der Waals surface area contributed by atoms with E-state index >= 15 is 0 Å². The lowest BCUT2D eigenvalue weighted by molar-refractivity contribution is -0.156. The van der Waals surface area contributed by atoms with Gasteiger partial charge in [-0.1, -0.05) is 13.8 Å². The summed E-state index contributed by atoms with van der Waals surface area (Å²) < 4.78 is 5.36. The Kier molecular flexibility index (Phi) is 4.68. The zero-order chi connectivity index (χ0) is 12.3. The number of ether oxygens (including phenoxy) is 1. The van der Waals surface area contributed by atoms with Crippen molar-refractivity contribution in [3.05, 3.63) is 0 Å². The lowest BCUT2D eigenvalue weighted by Gasteiger charge is -2.22. The van der Waals surface area contributed by atoms with Gasteiger partial charge in [0.2, 0.25) is 0 Å². The standard InChI is InChI=1S/C12H23NO2S/c1-8(2)6-10-13-9(7-16-10)11(14)15-12(3,4)5/h8-10,13H,6-7H2,1-5H3. The highest BCUT2D eigenvalue weighted by atomic mass is 32.2. The van der Waals surface area contributed by atoms with Crippen LogP contribution in [0, 0.1) is 5.92 Å². The van der Waals surface area contributed by atoms with Crippen LogP contribution in [-0.2, 0) is 9.53 Å². The molecule has 0 aromatic heterocycles. The van der Waals surface area contributed by atoms with Crippen LogP contribution in [0.3, 0.4) is 0 Å². The third kappa shape index (κ3) is 4.74. The monoisotopic (exact) mass is 245 g/mol. The fourth-order valence-electron chi connectivity index (χ4n) is 1.61. The van der Waals surface area contributed by atoms with E-state index in [0.717, 1.165) is 12.2 Å². The van der Waals surface area contributed by atoms with Crippen LogP contribution < -0.4 is 5.32 Å². The van der Waals surface area contributed by atoms with E-state index in [-0.39, 0.29) is 17.6 Å². The molecule has 0 spiro atoms. The van der Waals surface area contributed by atoms with Crippen LogP contribution in [0.4, 0.5) is 0 Å². The molecule has 2 unspecified atom stereocenters. The molecule has 1 fully saturated rings. The molecule has 1 aliphatic heterocycles. The van der Waals surface area contributed by atoms with E-state index in [9.17, 15) is 4.79 Å². The number of carbonyl (C=O) groups excluding carboxylic acids is 1. The molecule has 94 valence electrons. The zero-order valence-corrected chi connectivity index (χ0v) is 11.7. The van der Waals surface area contributed by atoms with Crippen LogP contribution in [0.5, 0.6) is 0 Å². The van der Waals surface area contributed by atoms with Crippen molar-refractivity contribution in [1.29, 1.82) is 0 Å². The topological polar surface area (TPSA) is 38.3 Å². The number of hydrogen-bond donors (Lipinski definition) is 1. The highest BCUT2D eigenvalue weighted by Crippen LogP contribution is 2.25. The minimum absolute atomic E-state index is 0.119. The van der Waals surface area contributed by atoms with Gasteiger partial charge in [-0.15, -0.1) is 11.8 Å². The highest BCUT2D eigenvalue weighted by Gasteiger charge is 2.32. The van der Waals surface area contributed by atoms with E-state index in [2.05, 4.69) is 19.2 Å². The third-order valence-corrected chi connectivity index (χ3v) is 3.48. The van der Waals surface area contributed by atoms with Crippen molar-refractivity contribution in [3.8, 4) is 0 Å². The summed E-state index contributed by atoms with van der Waals surface area (Å²) in [6, 6.07) is -0.132. The predicted octanol–water partition coefficient (Wildman–Crippen LogP) is 2.41. The first kappa shape index (κ1) is 13.8. The molecule has 16 heavy (non-hydrogen) atoms. The Morgan fingerprint density at radius 2 is 2.12 bits per heavy atom. The maximum Gasteiger partial charge on any atom is 0.324 e. The molecular weight excluding hydrogens is 222 g/mol. The molecule has 0 aromatic rings. The largest absolute Gasteiger partial charge is 0.459 e. The molecule has 4 heteroatoms. The first-order valence-electron chi connectivity index (χ1n) is 5.88. The van der Waals surface area contributed by atoms with Crippen LogP contribution in [0.2, 0.25) is 0 Å². The van der Waals surface area contributed by atoms with Gasteiger partial charge >= 0.3 is 5.97 Å². The van der Waals surface area contributed by atoms with Gasteiger partial charge in [-0.05, 0) is 33.1 Å². The van der Waals surface area contributed by atoms with Gasteiger partial charge in [-0.25, -0.2) is 0 Å². The minimum Gasteiger partial charge on any atom is -0.459 e. The number of esters is 1. The van der Waals surface area contributed by atoms with E-state index in [4.69, 9.17) is 4.74 Å². The molecule has 1 saturated heterocycles. The molecule has 0 aliphatic carbocycles. The number of carbonyl (C=O) groups is 1. The molecule has 1 heterocycles. The maximum absolute atomic E-state index is 11.8. The smallest absolute Gasteiger partial charge is 0.324 e. The van der Waals surface area contributed by atoms with Crippen LogP contribution >= 0.6 is 11.8 Å². The quantitative estimate of drug-likeness (QED) is 0.775. The van der Waals surface area contributed by atoms with Crippen molar-refractivity contribution in [2.45, 2.75) is 58.1 Å². The van der Waals surface area contributed by atoms with E-state index in [0.29, 0.717) is 11.3 Å². The fraction of sp³-hybridized carbons (Fsp3) is 0.917. The fourth-order valence-corrected chi connectivity index (χ4v) is 3.04. The Morgan fingerprint density at radius 1 is 1.50 bits per heavy atom. The van der Waals surface area contributed by atoms with Crippen molar-refractivity contribution in [1.82, 2.24) is 5.32 Å². The molecule has 1 aliphatic rings. The number of rotatable bonds is 3. The molecular formula is C12H23NO2S. The number of hydrogen-bond acceptors (Lipinski definition) is 4. The van der Waals surface area contributed by atoms with Gasteiger partial charge in [0.15, 0.2) is 0 Å². The Balaban J connectivity index is 2.38. The van der Waals surface area contributed by atoms with Crippen LogP contribution in [0.15, 0.2) is 0 Å². The van der Waals surface area contributed by atoms with Crippen molar-refractivity contribution >= 4 is 17.7 Å². The molecule has 0 bridgehead atoms. The second kappa shape index (κ2) is 5.41. The van der Waals surface area contributed by atoms with Crippen molar-refractivity contribution in [2.75, 3.05) is 5.75 Å². The van der Waals surface area contributed by atoms with E-state index < -0.39 is 0 Å². The molecule has 2 atom stereocenters. The average molecular weight is 245 g/mol. The SMILES string of the molecule is CC(C)CC1NC(C(=O)OC(C)(C)C)CS1. The van der Waals surface area contributed by atoms with Gasteiger partial charge in [0.25, 0.3) is 0 Å². The molecule has 0 radical (unpaired) electrons. The zero-order valence-electron chi connectivity index (χ0n) is 10.9. The Morgan fingerprint density at radius 3 is 2.62 bits per heavy atom. The first-order chi connectivity index (χ1) is 7.28. The molecule has 1 rings (SSSR count). The second-order valence-corrected chi connectivity index (χ2v) is 6.94. The van der Waals surface area contributed by atoms with Crippen LogP contribution in [0.1, 0.15) is 41.0 Å². The summed E-state index contributed by atoms with van der Waals surface area (Å²) in [7, 11) is 0. The summed E-state index contributed by atoms with van der Waals surface area (Å²) >= 11 is 1.82. The normalized spacial score (nSPS) is 26.1. The van der Waals surface area contributed by atoms with Gasteiger partial charge in [-0.2, -0.15) is 0 Å². The Hall–Kier alpha value is -0.220. The van der Waals surface area contributed by atoms with E-state index in [1.165, 1.54) is 0 Å². The Labute approximate surface area is 103 Å². The van der Waals surface area contributed by atoms with Crippen LogP contribution in [0.25, 0.3) is 0 Å². The van der Waals surface area contributed by atoms with Crippen LogP contribution in [-0.4, -0.2) is 28.7 Å². The summed E-state index contributed by atoms with van der Waals surface area (Å²) in [6.07, 6.45) is 1.10. The lowest BCUT2D eigenvalue weighted by Crippen LogP contribution is -2.41. The lowest BCUT2D eigenvalue weighted by atomic mass is 10.1. The summed E-state index contributed by atoms with van der Waals surface area (Å²) in [5.74, 6) is 1.36. The number of thioether (sulfide) groups is 1. The summed E-state index contributed by atoms with van der Waals surface area (Å²) in [5.41, 5.74) is -0.389. The summed E-state index contributed by atoms with van der Waals surface area (Å²) in [4.78, 5) is 11.8. The molecule has 1 N–H and O–H groups in total. The summed E-state index contributed by atoms with van der Waals surface area (Å²) in [5, 5.41) is 3.73. The van der Waals surface area contributed by atoms with Crippen molar-refractivity contribution < 1.29 is 9.53 Å². The van der Waals surface area contributed by atoms with Gasteiger partial charge in [-0.3, -0.25) is 10.1 Å². The highest BCUT2D eigenvalue weighted by molar-refractivity contribution is 8.00. The van der Waals surface area contributed by atoms with Gasteiger partial charge in [0.05, 0.1) is 5.37 Å². The van der Waals surface area contributed by atoms with E-state index in [1.54, 1.807) is 0 Å². The van der Waals surface area contributed by atoms with E-state index in [1.807, 2.05) is 32.5 Å². The molecule has 0 amide bonds. The van der Waals surface area contributed by atoms with Crippen molar-refractivity contribution in [3.63, 3.8) is 0 Å². The first-order valence-corrected chi connectivity index (χ1v) is 6.93. The second-order valence-electron chi connectivity index (χ2n) is 5.70. The number of nitrogens with one attached hydrogen (secondary N) is 1. The third-order valence-electron chi connectivity index (χ3n) is 2.23. The van der Waals surface area contributed by atoms with Gasteiger partial charge in [0, 0.05) is 5.75 Å².